The Hall–Kier alpha value is -2.00. The molecule has 1 unspecified atom stereocenters. The predicted molar refractivity (Wildman–Crippen MR) is 202 cm³/mol. The van der Waals surface area contributed by atoms with Crippen LogP contribution >= 0.6 is 11.3 Å². The summed E-state index contributed by atoms with van der Waals surface area (Å²) in [5.41, 5.74) is -1.75. The van der Waals surface area contributed by atoms with Gasteiger partial charge in [-0.15, -0.1) is 11.3 Å². The van der Waals surface area contributed by atoms with Crippen molar-refractivity contribution >= 4 is 23.2 Å². The quantitative estimate of drug-likeness (QED) is 0.143. The standard InChI is InChI=1S/C43H63NO6S/c1-27(2)31-11-9-28(3)23-33(31)50-38(47)44(21-8-22-49-7)26-42(48)18-15-36-40(42,6)17-14-35-39(5)16-13-30(45)24-41(39)19-20-43(35,36)32(25-41)37(46)34-12-10-29(4)51-34/h10,12,19-20,25,27-28,30-31,33,35-36,45,48H,8-9,11,13-18,21-24,26H2,1-7H3/t28-,30?,31+,33-,35+,36+,39+,40-,41-,42+,43+/m0/s1. The van der Waals surface area contributed by atoms with Crippen molar-refractivity contribution in [3.63, 3.8) is 0 Å². The number of aryl methyl sites for hydroxylation is 1. The van der Waals surface area contributed by atoms with E-state index >= 15 is 0 Å². The molecule has 0 saturated heterocycles. The van der Waals surface area contributed by atoms with Crippen LogP contribution in [0.1, 0.15) is 120 Å². The Kier molecular flexibility index (Phi) is 9.80. The van der Waals surface area contributed by atoms with Crippen LogP contribution in [-0.4, -0.2) is 71.6 Å². The first-order valence-electron chi connectivity index (χ1n) is 20.0. The normalized spacial score (nSPS) is 42.6. The molecule has 4 fully saturated rings. The zero-order valence-corrected chi connectivity index (χ0v) is 33.0. The highest BCUT2D eigenvalue weighted by Gasteiger charge is 2.74. The molecule has 1 amide bonds. The molecule has 2 spiro atoms. The Morgan fingerprint density at radius 1 is 1.02 bits per heavy atom. The van der Waals surface area contributed by atoms with Crippen molar-refractivity contribution in [2.24, 2.45) is 51.2 Å². The van der Waals surface area contributed by atoms with E-state index in [1.165, 1.54) is 0 Å². The molecule has 8 rings (SSSR count). The fourth-order valence-electron chi connectivity index (χ4n) is 12.7. The van der Waals surface area contributed by atoms with Gasteiger partial charge in [0.15, 0.2) is 5.78 Å². The van der Waals surface area contributed by atoms with Crippen molar-refractivity contribution in [2.45, 2.75) is 130 Å². The summed E-state index contributed by atoms with van der Waals surface area (Å²) in [5.74, 6) is 1.66. The molecular formula is C43H63NO6S. The second kappa shape index (κ2) is 13.4. The van der Waals surface area contributed by atoms with Gasteiger partial charge in [-0.05, 0) is 118 Å². The summed E-state index contributed by atoms with van der Waals surface area (Å²) < 4.78 is 11.8. The number of amides is 1. The maximum absolute atomic E-state index is 14.8. The van der Waals surface area contributed by atoms with E-state index in [4.69, 9.17) is 9.47 Å². The zero-order chi connectivity index (χ0) is 36.6. The molecule has 11 atom stereocenters. The molecule has 51 heavy (non-hydrogen) atoms. The number of hydrogen-bond acceptors (Lipinski definition) is 7. The van der Waals surface area contributed by atoms with Crippen molar-refractivity contribution in [3.8, 4) is 0 Å². The molecule has 1 heterocycles. The van der Waals surface area contributed by atoms with Gasteiger partial charge in [0.2, 0.25) is 0 Å². The van der Waals surface area contributed by atoms with E-state index in [1.807, 2.05) is 19.1 Å². The number of nitrogens with zero attached hydrogens (tertiary/aromatic N) is 1. The number of rotatable bonds is 10. The minimum atomic E-state index is -1.14. The number of ether oxygens (including phenoxy) is 2. The molecule has 282 valence electrons. The predicted octanol–water partition coefficient (Wildman–Crippen LogP) is 8.77. The summed E-state index contributed by atoms with van der Waals surface area (Å²) >= 11 is 1.56. The third-order valence-corrected chi connectivity index (χ3v) is 16.6. The number of thiophene rings is 1. The van der Waals surface area contributed by atoms with Crippen LogP contribution in [0.25, 0.3) is 0 Å². The lowest BCUT2D eigenvalue weighted by Gasteiger charge is -2.71. The van der Waals surface area contributed by atoms with Crippen molar-refractivity contribution in [1.29, 1.82) is 0 Å². The van der Waals surface area contributed by atoms with Crippen LogP contribution in [0, 0.1) is 58.2 Å². The summed E-state index contributed by atoms with van der Waals surface area (Å²) in [6.07, 6.45) is 15.4. The van der Waals surface area contributed by atoms with Gasteiger partial charge >= 0.3 is 6.09 Å². The highest BCUT2D eigenvalue weighted by Crippen LogP contribution is 2.78. The number of methoxy groups -OCH3 is 1. The fourth-order valence-corrected chi connectivity index (χ4v) is 13.5. The number of Topliss-reactive ketones (excluding diaryl/α,β-unsaturated/α-hetero) is 1. The van der Waals surface area contributed by atoms with Gasteiger partial charge in [0, 0.05) is 47.0 Å². The van der Waals surface area contributed by atoms with Crippen molar-refractivity contribution in [1.82, 2.24) is 4.90 Å². The molecule has 8 heteroatoms. The van der Waals surface area contributed by atoms with E-state index in [0.29, 0.717) is 50.2 Å². The third kappa shape index (κ3) is 5.74. The number of carbonyl (C=O) groups excluding carboxylic acids is 2. The monoisotopic (exact) mass is 721 g/mol. The molecule has 7 nitrogen and oxygen atoms in total. The summed E-state index contributed by atoms with van der Waals surface area (Å²) in [4.78, 5) is 32.7. The first-order chi connectivity index (χ1) is 24.1. The topological polar surface area (TPSA) is 96.3 Å². The van der Waals surface area contributed by atoms with Gasteiger partial charge in [-0.1, -0.05) is 59.3 Å². The summed E-state index contributed by atoms with van der Waals surface area (Å²) in [6.45, 7) is 14.6. The maximum Gasteiger partial charge on any atom is 0.410 e. The second-order valence-corrected chi connectivity index (χ2v) is 19.9. The van der Waals surface area contributed by atoms with Crippen molar-refractivity contribution in [2.75, 3.05) is 26.8 Å². The first-order valence-corrected chi connectivity index (χ1v) is 20.8. The van der Waals surface area contributed by atoms with Gasteiger partial charge in [-0.25, -0.2) is 4.79 Å². The second-order valence-electron chi connectivity index (χ2n) is 18.6. The van der Waals surface area contributed by atoms with E-state index in [9.17, 15) is 19.8 Å². The van der Waals surface area contributed by atoms with Gasteiger partial charge in [0.1, 0.15) is 6.10 Å². The number of aliphatic hydroxyl groups excluding tert-OH is 1. The summed E-state index contributed by atoms with van der Waals surface area (Å²) in [6, 6.07) is 4.01. The van der Waals surface area contributed by atoms with Crippen LogP contribution in [0.2, 0.25) is 0 Å². The van der Waals surface area contributed by atoms with E-state index < -0.39 is 16.4 Å². The van der Waals surface area contributed by atoms with Gasteiger partial charge in [-0.2, -0.15) is 0 Å². The number of aliphatic hydroxyl groups is 2. The summed E-state index contributed by atoms with van der Waals surface area (Å²) in [5, 5.41) is 24.1. The average Bonchev–Trinajstić information content (AvgIpc) is 3.63. The highest BCUT2D eigenvalue weighted by atomic mass is 32.1. The van der Waals surface area contributed by atoms with E-state index in [2.05, 4.69) is 52.8 Å². The van der Waals surface area contributed by atoms with Crippen LogP contribution in [0.5, 0.6) is 0 Å². The minimum absolute atomic E-state index is 0.0320. The Balaban J connectivity index is 1.24. The van der Waals surface area contributed by atoms with E-state index in [-0.39, 0.29) is 53.3 Å². The Morgan fingerprint density at radius 2 is 1.75 bits per heavy atom. The van der Waals surface area contributed by atoms with Gasteiger partial charge in [-0.3, -0.25) is 4.79 Å². The van der Waals surface area contributed by atoms with Crippen LogP contribution in [-0.2, 0) is 9.47 Å². The molecule has 2 N–H and O–H groups in total. The lowest BCUT2D eigenvalue weighted by atomic mass is 9.32. The van der Waals surface area contributed by atoms with Gasteiger partial charge in [0.05, 0.1) is 23.1 Å². The van der Waals surface area contributed by atoms with Crippen LogP contribution in [0.15, 0.2) is 35.9 Å². The number of ketones is 1. The number of fused-ring (bicyclic) bond motifs is 1. The fraction of sp³-hybridized carbons (Fsp3) is 0.767. The largest absolute Gasteiger partial charge is 0.446 e. The lowest BCUT2D eigenvalue weighted by molar-refractivity contribution is -0.175. The molecule has 0 aromatic carbocycles. The van der Waals surface area contributed by atoms with E-state index in [0.717, 1.165) is 66.7 Å². The molecule has 7 aliphatic carbocycles. The van der Waals surface area contributed by atoms with Crippen LogP contribution in [0.3, 0.4) is 0 Å². The zero-order valence-electron chi connectivity index (χ0n) is 32.2. The number of carbonyl (C=O) groups is 2. The van der Waals surface area contributed by atoms with Crippen molar-refractivity contribution in [3.05, 3.63) is 45.7 Å². The Labute approximate surface area is 310 Å². The van der Waals surface area contributed by atoms with Crippen LogP contribution < -0.4 is 0 Å². The Morgan fingerprint density at radius 3 is 2.45 bits per heavy atom. The maximum atomic E-state index is 14.8. The number of allylic oxidation sites excluding steroid dienone is 4. The summed E-state index contributed by atoms with van der Waals surface area (Å²) in [7, 11) is 1.68. The van der Waals surface area contributed by atoms with Crippen molar-refractivity contribution < 1.29 is 29.3 Å². The molecule has 0 aliphatic heterocycles. The Bertz CT molecular complexity index is 1570. The number of hydrogen-bond donors (Lipinski definition) is 2. The average molecular weight is 722 g/mol. The molecule has 7 aliphatic rings. The van der Waals surface area contributed by atoms with E-state index in [1.54, 1.807) is 23.3 Å². The third-order valence-electron chi connectivity index (χ3n) is 15.6. The molecule has 1 aromatic rings. The molecular weight excluding hydrogens is 659 g/mol. The molecule has 4 saturated carbocycles. The highest BCUT2D eigenvalue weighted by molar-refractivity contribution is 7.14. The van der Waals surface area contributed by atoms with Crippen LogP contribution in [0.4, 0.5) is 4.79 Å². The SMILES string of the molecule is COCCCN(C[C@]1(O)CC[C@H]2[C@]34C=C[C@@]5(C=C3C(=O)c3ccc(C)s3)CC(O)CC[C@]5(C)[C@H]4CC[C@@]21C)C(=O)O[C@H]1C[C@@H](C)CC[C@@H]1C(C)C. The molecule has 0 radical (unpaired) electrons. The smallest absolute Gasteiger partial charge is 0.410 e. The lowest BCUT2D eigenvalue weighted by Crippen LogP contribution is -2.67. The van der Waals surface area contributed by atoms with Gasteiger partial charge < -0.3 is 24.6 Å². The van der Waals surface area contributed by atoms with Gasteiger partial charge in [0.25, 0.3) is 0 Å². The minimum Gasteiger partial charge on any atom is -0.446 e. The molecule has 1 aromatic heterocycles. The molecule has 2 bridgehead atoms. The first kappa shape index (κ1) is 37.3.